The highest BCUT2D eigenvalue weighted by Gasteiger charge is 2.49. The molecule has 2 heterocycles. The fourth-order valence-electron chi connectivity index (χ4n) is 4.11. The van der Waals surface area contributed by atoms with Gasteiger partial charge in [0.1, 0.15) is 5.75 Å². The molecule has 1 aromatic carbocycles. The number of nitrogens with zero attached hydrogens (tertiary/aromatic N) is 2. The first-order chi connectivity index (χ1) is 13.4. The Morgan fingerprint density at radius 2 is 1.55 bits per heavy atom. The van der Waals surface area contributed by atoms with Crippen molar-refractivity contribution in [2.45, 2.75) is 33.1 Å². The topological polar surface area (TPSA) is 101 Å². The Balaban J connectivity index is 1.67. The van der Waals surface area contributed by atoms with Crippen molar-refractivity contribution in [2.75, 3.05) is 36.5 Å². The number of carbonyl (C=O) groups excluding carboxylic acids is 1. The van der Waals surface area contributed by atoms with Gasteiger partial charge in [-0.3, -0.25) is 4.79 Å². The molecule has 162 valence electrons. The van der Waals surface area contributed by atoms with Crippen LogP contribution in [-0.4, -0.2) is 58.7 Å². The van der Waals surface area contributed by atoms with Gasteiger partial charge in [-0.05, 0) is 49.4 Å². The van der Waals surface area contributed by atoms with Crippen molar-refractivity contribution in [3.8, 4) is 5.75 Å². The van der Waals surface area contributed by atoms with E-state index >= 15 is 0 Å². The molecule has 29 heavy (non-hydrogen) atoms. The second-order valence-corrected chi connectivity index (χ2v) is 11.9. The Labute approximate surface area is 173 Å². The van der Waals surface area contributed by atoms with Crippen LogP contribution in [0.1, 0.15) is 33.1 Å². The largest absolute Gasteiger partial charge is 0.383 e. The molecular weight excluding hydrogens is 416 g/mol. The minimum absolute atomic E-state index is 0.00943. The number of benzene rings is 1. The standard InChI is InChI=1S/C19H28N2O6S2/c1-15(2)14-29(25,26)20-11-8-19(9-12-20)10-13-21(18(19)22)16-4-6-17(7-5-16)27-28(3,23)24/h4-7,15H,8-14H2,1-3H3. The number of hydrogen-bond donors (Lipinski definition) is 0. The van der Waals surface area contributed by atoms with Crippen LogP contribution in [0.5, 0.6) is 5.75 Å². The molecule has 0 unspecified atom stereocenters. The molecule has 0 N–H and O–H groups in total. The highest BCUT2D eigenvalue weighted by molar-refractivity contribution is 7.89. The van der Waals surface area contributed by atoms with E-state index < -0.39 is 25.6 Å². The summed E-state index contributed by atoms with van der Waals surface area (Å²) in [5, 5.41) is 0. The van der Waals surface area contributed by atoms with Gasteiger partial charge in [-0.25, -0.2) is 12.7 Å². The van der Waals surface area contributed by atoms with E-state index in [4.69, 9.17) is 4.18 Å². The summed E-state index contributed by atoms with van der Waals surface area (Å²) in [5.41, 5.74) is 0.161. The lowest BCUT2D eigenvalue weighted by atomic mass is 9.77. The summed E-state index contributed by atoms with van der Waals surface area (Å²) in [6.45, 7) is 5.07. The smallest absolute Gasteiger partial charge is 0.306 e. The lowest BCUT2D eigenvalue weighted by Crippen LogP contribution is -2.47. The third-order valence-corrected chi connectivity index (χ3v) is 8.26. The van der Waals surface area contributed by atoms with Gasteiger partial charge in [-0.15, -0.1) is 0 Å². The van der Waals surface area contributed by atoms with E-state index in [-0.39, 0.29) is 23.3 Å². The number of amides is 1. The van der Waals surface area contributed by atoms with Crippen LogP contribution in [0.4, 0.5) is 5.69 Å². The molecule has 0 radical (unpaired) electrons. The van der Waals surface area contributed by atoms with Gasteiger partial charge in [0, 0.05) is 25.3 Å². The SMILES string of the molecule is CC(C)CS(=O)(=O)N1CCC2(CCN(c3ccc(OS(C)(=O)=O)cc3)C2=O)CC1. The highest BCUT2D eigenvalue weighted by atomic mass is 32.2. The number of piperidine rings is 1. The van der Waals surface area contributed by atoms with E-state index in [1.807, 2.05) is 13.8 Å². The van der Waals surface area contributed by atoms with Gasteiger partial charge >= 0.3 is 10.1 Å². The van der Waals surface area contributed by atoms with Gasteiger partial charge in [0.05, 0.1) is 17.4 Å². The Morgan fingerprint density at radius 3 is 2.07 bits per heavy atom. The molecule has 8 nitrogen and oxygen atoms in total. The summed E-state index contributed by atoms with van der Waals surface area (Å²) in [4.78, 5) is 14.9. The van der Waals surface area contributed by atoms with Crippen LogP contribution in [0, 0.1) is 11.3 Å². The van der Waals surface area contributed by atoms with Gasteiger partial charge in [0.15, 0.2) is 0 Å². The van der Waals surface area contributed by atoms with Crippen molar-refractivity contribution in [3.63, 3.8) is 0 Å². The average molecular weight is 445 g/mol. The minimum Gasteiger partial charge on any atom is -0.383 e. The first-order valence-electron chi connectivity index (χ1n) is 9.71. The van der Waals surface area contributed by atoms with Crippen molar-refractivity contribution >= 4 is 31.7 Å². The molecule has 2 fully saturated rings. The lowest BCUT2D eigenvalue weighted by Gasteiger charge is -2.37. The van der Waals surface area contributed by atoms with Crippen molar-refractivity contribution < 1.29 is 25.8 Å². The van der Waals surface area contributed by atoms with Gasteiger partial charge in [-0.2, -0.15) is 8.42 Å². The Morgan fingerprint density at radius 1 is 1.00 bits per heavy atom. The maximum absolute atomic E-state index is 13.2. The molecule has 1 spiro atoms. The van der Waals surface area contributed by atoms with Gasteiger partial charge in [0.2, 0.25) is 15.9 Å². The van der Waals surface area contributed by atoms with Gasteiger partial charge < -0.3 is 9.08 Å². The quantitative estimate of drug-likeness (QED) is 0.621. The fourth-order valence-corrected chi connectivity index (χ4v) is 6.36. The monoisotopic (exact) mass is 444 g/mol. The van der Waals surface area contributed by atoms with Crippen LogP contribution in [0.15, 0.2) is 24.3 Å². The second-order valence-electron chi connectivity index (χ2n) is 8.34. The second kappa shape index (κ2) is 7.88. The lowest BCUT2D eigenvalue weighted by molar-refractivity contribution is -0.127. The summed E-state index contributed by atoms with van der Waals surface area (Å²) in [6, 6.07) is 6.38. The van der Waals surface area contributed by atoms with Crippen LogP contribution in [0.3, 0.4) is 0 Å². The molecule has 0 atom stereocenters. The molecule has 0 bridgehead atoms. The third kappa shape index (κ3) is 4.92. The number of carbonyl (C=O) groups is 1. The van der Waals surface area contributed by atoms with Crippen molar-refractivity contribution in [2.24, 2.45) is 11.3 Å². The summed E-state index contributed by atoms with van der Waals surface area (Å²) in [6.07, 6.45) is 2.71. The maximum Gasteiger partial charge on any atom is 0.306 e. The van der Waals surface area contributed by atoms with Crippen LogP contribution in [0.2, 0.25) is 0 Å². The number of hydrogen-bond acceptors (Lipinski definition) is 6. The zero-order valence-corrected chi connectivity index (χ0v) is 18.6. The predicted octanol–water partition coefficient (Wildman–Crippen LogP) is 1.83. The Bertz CT molecular complexity index is 962. The summed E-state index contributed by atoms with van der Waals surface area (Å²) in [5.74, 6) is 0.396. The maximum atomic E-state index is 13.2. The molecule has 0 aromatic heterocycles. The average Bonchev–Trinajstić information content (AvgIpc) is 2.90. The molecule has 0 aliphatic carbocycles. The van der Waals surface area contributed by atoms with E-state index in [2.05, 4.69) is 0 Å². The van der Waals surface area contributed by atoms with E-state index in [1.165, 1.54) is 16.4 Å². The van der Waals surface area contributed by atoms with Crippen molar-refractivity contribution in [3.05, 3.63) is 24.3 Å². The summed E-state index contributed by atoms with van der Waals surface area (Å²) >= 11 is 0. The molecule has 2 saturated heterocycles. The molecule has 1 aromatic rings. The molecule has 3 rings (SSSR count). The van der Waals surface area contributed by atoms with Crippen molar-refractivity contribution in [1.82, 2.24) is 4.31 Å². The Kier molecular flexibility index (Phi) is 5.99. The van der Waals surface area contributed by atoms with E-state index in [1.54, 1.807) is 17.0 Å². The Hall–Kier alpha value is -1.65. The first-order valence-corrected chi connectivity index (χ1v) is 13.1. The number of rotatable bonds is 6. The molecule has 0 saturated carbocycles. The zero-order chi connectivity index (χ0) is 21.4. The fraction of sp³-hybridized carbons (Fsp3) is 0.632. The third-order valence-electron chi connectivity index (χ3n) is 5.53. The highest BCUT2D eigenvalue weighted by Crippen LogP contribution is 2.43. The number of anilines is 1. The van der Waals surface area contributed by atoms with Crippen molar-refractivity contribution in [1.29, 1.82) is 0 Å². The predicted molar refractivity (Wildman–Crippen MR) is 111 cm³/mol. The first kappa shape index (κ1) is 22.0. The van der Waals surface area contributed by atoms with E-state index in [0.29, 0.717) is 44.6 Å². The molecule has 1 amide bonds. The van der Waals surface area contributed by atoms with Gasteiger partial charge in [-0.1, -0.05) is 13.8 Å². The molecule has 2 aliphatic rings. The molecular formula is C19H28N2O6S2. The van der Waals surface area contributed by atoms with Crippen LogP contribution >= 0.6 is 0 Å². The van der Waals surface area contributed by atoms with Crippen LogP contribution < -0.4 is 9.08 Å². The normalized spacial score (nSPS) is 20.6. The number of sulfonamides is 1. The van der Waals surface area contributed by atoms with E-state index in [0.717, 1.165) is 6.26 Å². The van der Waals surface area contributed by atoms with Gasteiger partial charge in [0.25, 0.3) is 0 Å². The summed E-state index contributed by atoms with van der Waals surface area (Å²) < 4.78 is 53.7. The van der Waals surface area contributed by atoms with E-state index in [9.17, 15) is 21.6 Å². The molecule has 2 aliphatic heterocycles. The summed E-state index contributed by atoms with van der Waals surface area (Å²) in [7, 11) is -6.89. The van der Waals surface area contributed by atoms with Crippen LogP contribution in [0.25, 0.3) is 0 Å². The minimum atomic E-state index is -3.60. The van der Waals surface area contributed by atoms with Crippen LogP contribution in [-0.2, 0) is 24.9 Å². The zero-order valence-electron chi connectivity index (χ0n) is 17.0. The molecule has 10 heteroatoms.